The molecule has 0 bridgehead atoms. The fourth-order valence-electron chi connectivity index (χ4n) is 2.60. The molecule has 0 unspecified atom stereocenters. The number of carbonyl (C=O) groups is 1. The molecule has 2 rings (SSSR count). The van der Waals surface area contributed by atoms with E-state index in [2.05, 4.69) is 16.8 Å². The fraction of sp³-hybridized carbons (Fsp3) is 0.533. The number of nitrogen functional groups attached to an aromatic ring is 1. The molecule has 116 valence electrons. The number of piperazine rings is 1. The van der Waals surface area contributed by atoms with Crippen molar-refractivity contribution >= 4 is 29.2 Å². The van der Waals surface area contributed by atoms with Gasteiger partial charge in [-0.15, -0.1) is 0 Å². The van der Waals surface area contributed by atoms with Gasteiger partial charge in [0.15, 0.2) is 0 Å². The van der Waals surface area contributed by atoms with Crippen LogP contribution in [0.25, 0.3) is 0 Å². The summed E-state index contributed by atoms with van der Waals surface area (Å²) in [5, 5.41) is 0. The van der Waals surface area contributed by atoms with Crippen LogP contribution in [0.3, 0.4) is 0 Å². The van der Waals surface area contributed by atoms with E-state index in [4.69, 9.17) is 5.73 Å². The van der Waals surface area contributed by atoms with Gasteiger partial charge in [0.25, 0.3) is 0 Å². The molecule has 0 spiro atoms. The zero-order chi connectivity index (χ0) is 15.6. The highest BCUT2D eigenvalue weighted by Gasteiger charge is 2.20. The first kappa shape index (κ1) is 15.4. The Labute approximate surface area is 126 Å². The highest BCUT2D eigenvalue weighted by atomic mass is 16.1. The number of amides is 1. The zero-order valence-electron chi connectivity index (χ0n) is 13.3. The monoisotopic (exact) mass is 291 g/mol. The lowest BCUT2D eigenvalue weighted by Gasteiger charge is -2.35. The third kappa shape index (κ3) is 3.21. The van der Waals surface area contributed by atoms with Crippen LogP contribution >= 0.6 is 0 Å². The van der Waals surface area contributed by atoms with Crippen LogP contribution in [0.15, 0.2) is 12.1 Å². The summed E-state index contributed by atoms with van der Waals surface area (Å²) < 4.78 is 0. The van der Waals surface area contributed by atoms with Crippen LogP contribution in [-0.4, -0.2) is 65.7 Å². The quantitative estimate of drug-likeness (QED) is 0.653. The smallest absolute Gasteiger partial charge is 0.213 e. The maximum absolute atomic E-state index is 11.2. The Bertz CT molecular complexity index is 509. The van der Waals surface area contributed by atoms with Gasteiger partial charge in [-0.1, -0.05) is 0 Å². The summed E-state index contributed by atoms with van der Waals surface area (Å²) in [4.78, 5) is 19.3. The molecule has 0 aliphatic carbocycles. The topological polar surface area (TPSA) is 56.0 Å². The maximum Gasteiger partial charge on any atom is 0.213 e. The lowest BCUT2D eigenvalue weighted by Crippen LogP contribution is -2.44. The molecule has 1 aliphatic rings. The number of hydrogen-bond donors (Lipinski definition) is 1. The van der Waals surface area contributed by atoms with Gasteiger partial charge in [-0.25, -0.2) is 0 Å². The minimum atomic E-state index is 0.756. The lowest BCUT2D eigenvalue weighted by atomic mass is 10.1. The van der Waals surface area contributed by atoms with Crippen molar-refractivity contribution in [2.24, 2.45) is 0 Å². The summed E-state index contributed by atoms with van der Waals surface area (Å²) in [7, 11) is 7.79. The molecule has 6 nitrogen and oxygen atoms in total. The van der Waals surface area contributed by atoms with E-state index in [1.165, 1.54) is 0 Å². The normalized spacial score (nSPS) is 15.9. The molecule has 1 fully saturated rings. The average Bonchev–Trinajstić information content (AvgIpc) is 2.47. The molecule has 1 aromatic carbocycles. The Morgan fingerprint density at radius 1 is 1.10 bits per heavy atom. The highest BCUT2D eigenvalue weighted by molar-refractivity contribution is 5.90. The van der Waals surface area contributed by atoms with Crippen molar-refractivity contribution in [3.63, 3.8) is 0 Å². The van der Waals surface area contributed by atoms with Crippen LogP contribution in [0.4, 0.5) is 22.7 Å². The average molecular weight is 291 g/mol. The molecule has 1 heterocycles. The minimum absolute atomic E-state index is 0.756. The summed E-state index contributed by atoms with van der Waals surface area (Å²) in [5.41, 5.74) is 9.83. The number of benzene rings is 1. The molecular formula is C15H25N5O. The SMILES string of the molecule is CN1CCN(c2cc(N(C)C=O)c(N(C)C)cc2N)CC1. The van der Waals surface area contributed by atoms with Crippen LogP contribution in [0, 0.1) is 0 Å². The third-order valence-electron chi connectivity index (χ3n) is 3.99. The van der Waals surface area contributed by atoms with E-state index in [0.717, 1.165) is 55.3 Å². The van der Waals surface area contributed by atoms with Crippen LogP contribution < -0.4 is 20.4 Å². The van der Waals surface area contributed by atoms with Crippen molar-refractivity contribution in [2.45, 2.75) is 0 Å². The Balaban J connectivity index is 2.40. The standard InChI is InChI=1S/C15H25N5O/c1-17(2)14-9-12(16)13(10-15(14)19(4)11-21)20-7-5-18(3)6-8-20/h9-11H,5-8,16H2,1-4H3. The van der Waals surface area contributed by atoms with E-state index in [1.54, 1.807) is 11.9 Å². The summed E-state index contributed by atoms with van der Waals surface area (Å²) in [6.45, 7) is 3.94. The molecule has 0 saturated carbocycles. The Hall–Kier alpha value is -1.95. The third-order valence-corrected chi connectivity index (χ3v) is 3.99. The largest absolute Gasteiger partial charge is 0.397 e. The molecule has 6 heteroatoms. The van der Waals surface area contributed by atoms with Crippen molar-refractivity contribution in [2.75, 3.05) is 74.8 Å². The lowest BCUT2D eigenvalue weighted by molar-refractivity contribution is -0.107. The number of rotatable bonds is 4. The molecule has 0 atom stereocenters. The number of hydrogen-bond acceptors (Lipinski definition) is 5. The van der Waals surface area contributed by atoms with E-state index >= 15 is 0 Å². The molecule has 0 radical (unpaired) electrons. The fourth-order valence-corrected chi connectivity index (χ4v) is 2.60. The maximum atomic E-state index is 11.2. The summed E-state index contributed by atoms with van der Waals surface area (Å²) in [6.07, 6.45) is 0.826. The number of nitrogens with two attached hydrogens (primary N) is 1. The van der Waals surface area contributed by atoms with Gasteiger partial charge in [-0.3, -0.25) is 4.79 Å². The van der Waals surface area contributed by atoms with E-state index in [-0.39, 0.29) is 0 Å². The van der Waals surface area contributed by atoms with Gasteiger partial charge >= 0.3 is 0 Å². The van der Waals surface area contributed by atoms with Gasteiger partial charge in [0.05, 0.1) is 22.7 Å². The predicted molar refractivity (Wildman–Crippen MR) is 89.4 cm³/mol. The molecule has 2 N–H and O–H groups in total. The molecule has 21 heavy (non-hydrogen) atoms. The minimum Gasteiger partial charge on any atom is -0.397 e. The van der Waals surface area contributed by atoms with E-state index in [9.17, 15) is 4.79 Å². The zero-order valence-corrected chi connectivity index (χ0v) is 13.3. The van der Waals surface area contributed by atoms with Crippen LogP contribution in [-0.2, 0) is 4.79 Å². The second-order valence-corrected chi connectivity index (χ2v) is 5.80. The number of carbonyl (C=O) groups excluding carboxylic acids is 1. The van der Waals surface area contributed by atoms with Crippen molar-refractivity contribution in [1.29, 1.82) is 0 Å². The first-order valence-electron chi connectivity index (χ1n) is 7.16. The number of likely N-dealkylation sites (N-methyl/N-ethyl adjacent to an activating group) is 1. The van der Waals surface area contributed by atoms with Crippen molar-refractivity contribution < 1.29 is 4.79 Å². The van der Waals surface area contributed by atoms with Crippen LogP contribution in [0.5, 0.6) is 0 Å². The molecular weight excluding hydrogens is 266 g/mol. The molecule has 1 aliphatic heterocycles. The van der Waals surface area contributed by atoms with E-state index < -0.39 is 0 Å². The van der Waals surface area contributed by atoms with Crippen molar-refractivity contribution in [3.8, 4) is 0 Å². The Morgan fingerprint density at radius 3 is 2.24 bits per heavy atom. The first-order valence-corrected chi connectivity index (χ1v) is 7.16. The van der Waals surface area contributed by atoms with Gasteiger partial charge in [0, 0.05) is 47.3 Å². The Kier molecular flexibility index (Phi) is 4.57. The molecule has 0 aromatic heterocycles. The van der Waals surface area contributed by atoms with Gasteiger partial charge in [-0.05, 0) is 19.2 Å². The van der Waals surface area contributed by atoms with Gasteiger partial charge in [-0.2, -0.15) is 0 Å². The van der Waals surface area contributed by atoms with Gasteiger partial charge in [0.1, 0.15) is 0 Å². The van der Waals surface area contributed by atoms with Crippen LogP contribution in [0.2, 0.25) is 0 Å². The molecule has 1 saturated heterocycles. The first-order chi connectivity index (χ1) is 9.93. The summed E-state index contributed by atoms with van der Waals surface area (Å²) >= 11 is 0. The predicted octanol–water partition coefficient (Wildman–Crippen LogP) is 0.679. The van der Waals surface area contributed by atoms with Crippen molar-refractivity contribution in [3.05, 3.63) is 12.1 Å². The highest BCUT2D eigenvalue weighted by Crippen LogP contribution is 2.36. The molecule has 1 aromatic rings. The number of nitrogens with zero attached hydrogens (tertiary/aromatic N) is 4. The van der Waals surface area contributed by atoms with E-state index in [0.29, 0.717) is 0 Å². The summed E-state index contributed by atoms with van der Waals surface area (Å²) in [6, 6.07) is 3.97. The number of anilines is 4. The van der Waals surface area contributed by atoms with Crippen LogP contribution in [0.1, 0.15) is 0 Å². The van der Waals surface area contributed by atoms with Gasteiger partial charge < -0.3 is 25.3 Å². The second kappa shape index (κ2) is 6.22. The van der Waals surface area contributed by atoms with Crippen molar-refractivity contribution in [1.82, 2.24) is 4.90 Å². The van der Waals surface area contributed by atoms with Gasteiger partial charge in [0.2, 0.25) is 6.41 Å². The second-order valence-electron chi connectivity index (χ2n) is 5.80. The Morgan fingerprint density at radius 2 is 1.71 bits per heavy atom. The summed E-state index contributed by atoms with van der Waals surface area (Å²) in [5.74, 6) is 0. The molecule has 1 amide bonds. The van der Waals surface area contributed by atoms with E-state index in [1.807, 2.05) is 31.1 Å².